The van der Waals surface area contributed by atoms with Gasteiger partial charge in [0.2, 0.25) is 0 Å². The quantitative estimate of drug-likeness (QED) is 0.928. The Bertz CT molecular complexity index is 686. The summed E-state index contributed by atoms with van der Waals surface area (Å²) in [5, 5.41) is 0.614. The third-order valence-electron chi connectivity index (χ3n) is 3.76. The Morgan fingerprint density at radius 1 is 1.57 bits per heavy atom. The third-order valence-corrected chi connectivity index (χ3v) is 4.94. The fraction of sp³-hybridized carbons (Fsp3) is 0.400. The highest BCUT2D eigenvalue weighted by Gasteiger charge is 2.27. The number of rotatable bonds is 2. The van der Waals surface area contributed by atoms with Crippen LogP contribution in [0.1, 0.15) is 23.0 Å². The molecule has 1 atom stereocenters. The van der Waals surface area contributed by atoms with Crippen LogP contribution in [0.15, 0.2) is 18.2 Å². The minimum atomic E-state index is -0.344. The summed E-state index contributed by atoms with van der Waals surface area (Å²) < 4.78 is 19.7. The highest BCUT2D eigenvalue weighted by Crippen LogP contribution is 2.35. The minimum absolute atomic E-state index is 0.0794. The van der Waals surface area contributed by atoms with Gasteiger partial charge in [0.15, 0.2) is 0 Å². The molecule has 1 fully saturated rings. The molecule has 1 saturated heterocycles. The number of anilines is 1. The molecule has 0 saturated carbocycles. The number of nitrogens with zero attached hydrogens (tertiary/aromatic N) is 1. The summed E-state index contributed by atoms with van der Waals surface area (Å²) in [6.45, 7) is 3.73. The minimum Gasteiger partial charge on any atom is -0.397 e. The van der Waals surface area contributed by atoms with Crippen molar-refractivity contribution in [2.45, 2.75) is 19.4 Å². The average Bonchev–Trinajstić information content (AvgIpc) is 2.83. The van der Waals surface area contributed by atoms with Crippen molar-refractivity contribution in [2.24, 2.45) is 0 Å². The average molecular weight is 308 g/mol. The Labute approximate surface area is 126 Å². The monoisotopic (exact) mass is 308 g/mol. The van der Waals surface area contributed by atoms with Crippen LogP contribution >= 0.6 is 11.3 Å². The maximum absolute atomic E-state index is 13.3. The summed E-state index contributed by atoms with van der Waals surface area (Å²) in [6, 6.07) is 4.43. The molecule has 6 heteroatoms. The van der Waals surface area contributed by atoms with E-state index in [9.17, 15) is 9.18 Å². The zero-order valence-corrected chi connectivity index (χ0v) is 12.6. The smallest absolute Gasteiger partial charge is 0.266 e. The van der Waals surface area contributed by atoms with E-state index in [0.717, 1.165) is 11.1 Å². The number of thiophene rings is 1. The normalized spacial score (nSPS) is 19.1. The highest BCUT2D eigenvalue weighted by molar-refractivity contribution is 7.21. The van der Waals surface area contributed by atoms with E-state index in [2.05, 4.69) is 0 Å². The van der Waals surface area contributed by atoms with E-state index in [1.165, 1.54) is 23.5 Å². The first-order valence-corrected chi connectivity index (χ1v) is 7.80. The van der Waals surface area contributed by atoms with E-state index in [1.54, 1.807) is 11.0 Å². The summed E-state index contributed by atoms with van der Waals surface area (Å²) in [4.78, 5) is 14.9. The van der Waals surface area contributed by atoms with Gasteiger partial charge >= 0.3 is 0 Å². The molecule has 0 radical (unpaired) electrons. The molecule has 0 bridgehead atoms. The van der Waals surface area contributed by atoms with E-state index in [-0.39, 0.29) is 17.8 Å². The largest absolute Gasteiger partial charge is 0.397 e. The lowest BCUT2D eigenvalue weighted by atomic mass is 10.2. The first-order chi connectivity index (χ1) is 10.1. The number of hydrogen-bond acceptors (Lipinski definition) is 4. The molecule has 0 spiro atoms. The van der Waals surface area contributed by atoms with Gasteiger partial charge in [0.05, 0.1) is 18.4 Å². The Kier molecular flexibility index (Phi) is 3.82. The molecule has 1 amide bonds. The Morgan fingerprint density at radius 3 is 3.14 bits per heavy atom. The van der Waals surface area contributed by atoms with E-state index in [4.69, 9.17) is 10.5 Å². The van der Waals surface area contributed by atoms with Gasteiger partial charge in [0.25, 0.3) is 5.91 Å². The van der Waals surface area contributed by atoms with Gasteiger partial charge in [-0.1, -0.05) is 6.92 Å². The number of benzene rings is 1. The van der Waals surface area contributed by atoms with Gasteiger partial charge in [0, 0.05) is 23.2 Å². The maximum atomic E-state index is 13.3. The molecule has 1 aromatic heterocycles. The molecular formula is C15H17FN2O2S. The number of halogens is 1. The second-order valence-electron chi connectivity index (χ2n) is 5.14. The van der Waals surface area contributed by atoms with Crippen molar-refractivity contribution >= 4 is 33.0 Å². The number of hydrogen-bond donors (Lipinski definition) is 1. The summed E-state index contributed by atoms with van der Waals surface area (Å²) in [5.41, 5.74) is 6.42. The molecule has 2 heterocycles. The molecule has 0 aliphatic carbocycles. The predicted molar refractivity (Wildman–Crippen MR) is 82.1 cm³/mol. The zero-order chi connectivity index (χ0) is 15.0. The Balaban J connectivity index is 1.92. The molecule has 21 heavy (non-hydrogen) atoms. The van der Waals surface area contributed by atoms with Crippen LogP contribution < -0.4 is 5.73 Å². The molecule has 2 aromatic rings. The van der Waals surface area contributed by atoms with Gasteiger partial charge < -0.3 is 15.4 Å². The molecule has 1 unspecified atom stereocenters. The number of nitrogen functional groups attached to an aromatic ring is 1. The van der Waals surface area contributed by atoms with Gasteiger partial charge in [-0.25, -0.2) is 4.39 Å². The first kappa shape index (κ1) is 14.3. The Morgan fingerprint density at radius 2 is 2.38 bits per heavy atom. The molecule has 1 aromatic carbocycles. The first-order valence-electron chi connectivity index (χ1n) is 6.98. The standard InChI is InChI=1S/C15H17FN2O2S/c1-2-10-8-18(5-6-20-10)15(19)14-13(17)11-7-9(16)3-4-12(11)21-14/h3-4,7,10H,2,5-6,8,17H2,1H3. The van der Waals surface area contributed by atoms with E-state index >= 15 is 0 Å². The van der Waals surface area contributed by atoms with Crippen LogP contribution in [0.4, 0.5) is 10.1 Å². The maximum Gasteiger partial charge on any atom is 0.266 e. The molecule has 1 aliphatic heterocycles. The van der Waals surface area contributed by atoms with Crippen LogP contribution in [0, 0.1) is 5.82 Å². The molecule has 112 valence electrons. The number of carbonyl (C=O) groups excluding carboxylic acids is 1. The second-order valence-corrected chi connectivity index (χ2v) is 6.19. The summed E-state index contributed by atoms with van der Waals surface area (Å²) in [7, 11) is 0. The van der Waals surface area contributed by atoms with E-state index < -0.39 is 0 Å². The fourth-order valence-corrected chi connectivity index (χ4v) is 3.61. The van der Waals surface area contributed by atoms with Gasteiger partial charge in [-0.05, 0) is 24.6 Å². The molecule has 3 rings (SSSR count). The lowest BCUT2D eigenvalue weighted by Crippen LogP contribution is -2.45. The van der Waals surface area contributed by atoms with Crippen LogP contribution in [0.5, 0.6) is 0 Å². The number of morpholine rings is 1. The van der Waals surface area contributed by atoms with Crippen molar-refractivity contribution in [3.8, 4) is 0 Å². The van der Waals surface area contributed by atoms with Gasteiger partial charge in [0.1, 0.15) is 10.7 Å². The number of carbonyl (C=O) groups is 1. The van der Waals surface area contributed by atoms with Crippen LogP contribution in [-0.4, -0.2) is 36.6 Å². The predicted octanol–water partition coefficient (Wildman–Crippen LogP) is 2.87. The van der Waals surface area contributed by atoms with E-state index in [1.807, 2.05) is 6.92 Å². The zero-order valence-electron chi connectivity index (χ0n) is 11.8. The lowest BCUT2D eigenvalue weighted by Gasteiger charge is -2.32. The molecule has 4 nitrogen and oxygen atoms in total. The van der Waals surface area contributed by atoms with Crippen molar-refractivity contribution < 1.29 is 13.9 Å². The number of ether oxygens (including phenoxy) is 1. The van der Waals surface area contributed by atoms with Gasteiger partial charge in [-0.15, -0.1) is 11.3 Å². The van der Waals surface area contributed by atoms with Crippen molar-refractivity contribution in [1.29, 1.82) is 0 Å². The fourth-order valence-electron chi connectivity index (χ4n) is 2.54. The van der Waals surface area contributed by atoms with Crippen molar-refractivity contribution in [1.82, 2.24) is 4.90 Å². The molecule has 1 aliphatic rings. The molecular weight excluding hydrogens is 291 g/mol. The Hall–Kier alpha value is -1.66. The number of amides is 1. The van der Waals surface area contributed by atoms with Gasteiger partial charge in [-0.3, -0.25) is 4.79 Å². The number of nitrogens with two attached hydrogens (primary N) is 1. The van der Waals surface area contributed by atoms with Crippen LogP contribution in [0.3, 0.4) is 0 Å². The SMILES string of the molecule is CCC1CN(C(=O)c2sc3ccc(F)cc3c2N)CCO1. The third kappa shape index (κ3) is 2.61. The van der Waals surface area contributed by atoms with Gasteiger partial charge in [-0.2, -0.15) is 0 Å². The summed E-state index contributed by atoms with van der Waals surface area (Å²) in [5.74, 6) is -0.431. The van der Waals surface area contributed by atoms with Crippen LogP contribution in [0.25, 0.3) is 10.1 Å². The summed E-state index contributed by atoms with van der Waals surface area (Å²) in [6.07, 6.45) is 0.951. The highest BCUT2D eigenvalue weighted by atomic mass is 32.1. The van der Waals surface area contributed by atoms with Crippen LogP contribution in [0.2, 0.25) is 0 Å². The summed E-state index contributed by atoms with van der Waals surface area (Å²) >= 11 is 1.32. The molecule has 2 N–H and O–H groups in total. The van der Waals surface area contributed by atoms with Crippen molar-refractivity contribution in [3.63, 3.8) is 0 Å². The number of fused-ring (bicyclic) bond motifs is 1. The topological polar surface area (TPSA) is 55.6 Å². The van der Waals surface area contributed by atoms with Crippen LogP contribution in [-0.2, 0) is 4.74 Å². The van der Waals surface area contributed by atoms with E-state index in [0.29, 0.717) is 35.6 Å². The lowest BCUT2D eigenvalue weighted by molar-refractivity contribution is -0.0224. The van der Waals surface area contributed by atoms with Crippen molar-refractivity contribution in [2.75, 3.05) is 25.4 Å². The second kappa shape index (κ2) is 5.61. The van der Waals surface area contributed by atoms with Crippen molar-refractivity contribution in [3.05, 3.63) is 28.9 Å².